The molecule has 0 spiro atoms. The van der Waals surface area contributed by atoms with Gasteiger partial charge in [0, 0.05) is 31.1 Å². The quantitative estimate of drug-likeness (QED) is 0.887. The van der Waals surface area contributed by atoms with Gasteiger partial charge in [-0.15, -0.1) is 0 Å². The number of pyridine rings is 1. The van der Waals surface area contributed by atoms with Gasteiger partial charge in [-0.05, 0) is 62.1 Å². The number of likely N-dealkylation sites (tertiary alicyclic amines) is 1. The molecule has 1 aliphatic heterocycles. The van der Waals surface area contributed by atoms with Gasteiger partial charge in [-0.1, -0.05) is 25.0 Å². The highest BCUT2D eigenvalue weighted by atomic mass is 16.3. The molecule has 2 aromatic rings. The number of aromatic amines is 1. The van der Waals surface area contributed by atoms with Crippen molar-refractivity contribution in [3.8, 4) is 0 Å². The Bertz CT molecular complexity index is 888. The van der Waals surface area contributed by atoms with Crippen molar-refractivity contribution in [1.82, 2.24) is 9.88 Å². The summed E-state index contributed by atoms with van der Waals surface area (Å²) in [7, 11) is 0. The van der Waals surface area contributed by atoms with E-state index >= 15 is 0 Å². The highest BCUT2D eigenvalue weighted by Crippen LogP contribution is 2.44. The van der Waals surface area contributed by atoms with E-state index in [0.717, 1.165) is 54.4 Å². The summed E-state index contributed by atoms with van der Waals surface area (Å²) in [5.41, 5.74) is 3.62. The third-order valence-corrected chi connectivity index (χ3v) is 6.77. The van der Waals surface area contributed by atoms with Crippen molar-refractivity contribution < 1.29 is 5.11 Å². The summed E-state index contributed by atoms with van der Waals surface area (Å²) in [6, 6.07) is 6.30. The Balaban J connectivity index is 1.60. The average Bonchev–Trinajstić information content (AvgIpc) is 3.01. The zero-order valence-corrected chi connectivity index (χ0v) is 16.1. The van der Waals surface area contributed by atoms with Crippen LogP contribution in [0.1, 0.15) is 49.3 Å². The molecule has 2 aliphatic rings. The van der Waals surface area contributed by atoms with Gasteiger partial charge in [-0.2, -0.15) is 0 Å². The SMILES string of the molecule is CC[C@@]1(O)CCC[C@@H]2CN(Cc3cc4cc(C)cc(C)c4[nH]c3=O)C[C@@H]21. The molecular weight excluding hydrogens is 324 g/mol. The minimum Gasteiger partial charge on any atom is -0.390 e. The Kier molecular flexibility index (Phi) is 4.44. The molecule has 2 fully saturated rings. The first kappa shape index (κ1) is 17.7. The van der Waals surface area contributed by atoms with Crippen molar-refractivity contribution in [2.75, 3.05) is 13.1 Å². The van der Waals surface area contributed by atoms with Gasteiger partial charge in [0.15, 0.2) is 0 Å². The molecule has 1 saturated carbocycles. The van der Waals surface area contributed by atoms with Crippen LogP contribution in [0.15, 0.2) is 23.0 Å². The van der Waals surface area contributed by atoms with Gasteiger partial charge in [0.1, 0.15) is 0 Å². The highest BCUT2D eigenvalue weighted by molar-refractivity contribution is 5.82. The lowest BCUT2D eigenvalue weighted by Crippen LogP contribution is -2.44. The number of aromatic nitrogens is 1. The second-order valence-electron chi connectivity index (χ2n) is 8.58. The molecule has 1 aromatic carbocycles. The summed E-state index contributed by atoms with van der Waals surface area (Å²) in [5.74, 6) is 0.919. The summed E-state index contributed by atoms with van der Waals surface area (Å²) in [5, 5.41) is 12.1. The molecule has 0 radical (unpaired) electrons. The largest absolute Gasteiger partial charge is 0.390 e. The van der Waals surface area contributed by atoms with Crippen molar-refractivity contribution in [1.29, 1.82) is 0 Å². The molecule has 3 atom stereocenters. The first-order valence-corrected chi connectivity index (χ1v) is 9.97. The van der Waals surface area contributed by atoms with Gasteiger partial charge in [-0.25, -0.2) is 0 Å². The van der Waals surface area contributed by atoms with Gasteiger partial charge < -0.3 is 10.1 Å². The maximum atomic E-state index is 12.6. The maximum absolute atomic E-state index is 12.6. The van der Waals surface area contributed by atoms with Gasteiger partial charge in [0.2, 0.25) is 0 Å². The third kappa shape index (κ3) is 2.99. The number of rotatable bonds is 3. The molecular formula is C22H30N2O2. The van der Waals surface area contributed by atoms with Crippen LogP contribution >= 0.6 is 0 Å². The molecule has 140 valence electrons. The van der Waals surface area contributed by atoms with Crippen LogP contribution in [-0.4, -0.2) is 33.7 Å². The first-order chi connectivity index (χ1) is 12.4. The summed E-state index contributed by atoms with van der Waals surface area (Å²) in [4.78, 5) is 18.1. The van der Waals surface area contributed by atoms with E-state index in [1.54, 1.807) is 0 Å². The molecule has 4 rings (SSSR count). The van der Waals surface area contributed by atoms with E-state index in [1.807, 2.05) is 6.92 Å². The second-order valence-corrected chi connectivity index (χ2v) is 8.58. The van der Waals surface area contributed by atoms with Crippen LogP contribution < -0.4 is 5.56 Å². The molecule has 0 bridgehead atoms. The van der Waals surface area contributed by atoms with Crippen molar-refractivity contribution in [3.05, 3.63) is 45.2 Å². The van der Waals surface area contributed by atoms with Crippen LogP contribution in [0.25, 0.3) is 10.9 Å². The summed E-state index contributed by atoms with van der Waals surface area (Å²) in [6.07, 6.45) is 4.08. The Morgan fingerprint density at radius 3 is 2.85 bits per heavy atom. The average molecular weight is 354 g/mol. The highest BCUT2D eigenvalue weighted by Gasteiger charge is 2.47. The van der Waals surface area contributed by atoms with Crippen molar-refractivity contribution >= 4 is 10.9 Å². The van der Waals surface area contributed by atoms with Crippen LogP contribution in [0.3, 0.4) is 0 Å². The van der Waals surface area contributed by atoms with Crippen LogP contribution in [0.2, 0.25) is 0 Å². The predicted molar refractivity (Wildman–Crippen MR) is 105 cm³/mol. The molecule has 0 unspecified atom stereocenters. The first-order valence-electron chi connectivity index (χ1n) is 9.97. The van der Waals surface area contributed by atoms with Crippen molar-refractivity contribution in [2.24, 2.45) is 11.8 Å². The Hall–Kier alpha value is -1.65. The molecule has 26 heavy (non-hydrogen) atoms. The minimum absolute atomic E-state index is 0.0186. The van der Waals surface area contributed by atoms with Crippen molar-refractivity contribution in [2.45, 2.75) is 58.6 Å². The molecule has 1 aromatic heterocycles. The number of benzene rings is 1. The van der Waals surface area contributed by atoms with E-state index in [0.29, 0.717) is 18.4 Å². The Morgan fingerprint density at radius 2 is 2.08 bits per heavy atom. The number of H-pyrrole nitrogens is 1. The van der Waals surface area contributed by atoms with Gasteiger partial charge in [0.05, 0.1) is 11.1 Å². The standard InChI is InChI=1S/C22H30N2O2/c1-4-22(26)7-5-6-16-11-24(13-19(16)22)12-18-10-17-9-14(2)8-15(3)20(17)23-21(18)25/h8-10,16,19,26H,4-7,11-13H2,1-3H3,(H,23,25)/t16-,19+,22-/m1/s1. The minimum atomic E-state index is -0.512. The second kappa shape index (κ2) is 6.50. The monoisotopic (exact) mass is 354 g/mol. The summed E-state index contributed by atoms with van der Waals surface area (Å²) in [6.45, 7) is 8.81. The maximum Gasteiger partial charge on any atom is 0.252 e. The van der Waals surface area contributed by atoms with Crippen LogP contribution in [0, 0.1) is 25.7 Å². The fourth-order valence-electron chi connectivity index (χ4n) is 5.38. The third-order valence-electron chi connectivity index (χ3n) is 6.77. The van der Waals surface area contributed by atoms with Crippen LogP contribution in [-0.2, 0) is 6.54 Å². The smallest absolute Gasteiger partial charge is 0.252 e. The summed E-state index contributed by atoms with van der Waals surface area (Å²) >= 11 is 0. The van der Waals surface area contributed by atoms with Crippen molar-refractivity contribution in [3.63, 3.8) is 0 Å². The Labute approximate surface area is 155 Å². The zero-order chi connectivity index (χ0) is 18.5. The molecule has 1 aliphatic carbocycles. The molecule has 4 heteroatoms. The molecule has 4 nitrogen and oxygen atoms in total. The number of nitrogens with zero attached hydrogens (tertiary/aromatic N) is 1. The van der Waals surface area contributed by atoms with E-state index in [1.165, 1.54) is 12.0 Å². The van der Waals surface area contributed by atoms with E-state index in [9.17, 15) is 9.90 Å². The zero-order valence-electron chi connectivity index (χ0n) is 16.1. The number of aliphatic hydroxyl groups is 1. The van der Waals surface area contributed by atoms with Crippen LogP contribution in [0.4, 0.5) is 0 Å². The predicted octanol–water partition coefficient (Wildman–Crippen LogP) is 3.52. The van der Waals surface area contributed by atoms with E-state index in [-0.39, 0.29) is 5.56 Å². The number of nitrogens with one attached hydrogen (secondary N) is 1. The van der Waals surface area contributed by atoms with Crippen LogP contribution in [0.5, 0.6) is 0 Å². The number of aryl methyl sites for hydroxylation is 2. The number of hydrogen-bond donors (Lipinski definition) is 2. The van der Waals surface area contributed by atoms with Gasteiger partial charge >= 0.3 is 0 Å². The van der Waals surface area contributed by atoms with Gasteiger partial charge in [0.25, 0.3) is 5.56 Å². The molecule has 2 heterocycles. The lowest BCUT2D eigenvalue weighted by atomic mass is 9.69. The Morgan fingerprint density at radius 1 is 1.27 bits per heavy atom. The lowest BCUT2D eigenvalue weighted by Gasteiger charge is -2.40. The molecule has 2 N–H and O–H groups in total. The van der Waals surface area contributed by atoms with Gasteiger partial charge in [-0.3, -0.25) is 9.69 Å². The van der Waals surface area contributed by atoms with E-state index in [4.69, 9.17) is 0 Å². The molecule has 1 saturated heterocycles. The van der Waals surface area contributed by atoms with E-state index < -0.39 is 5.60 Å². The summed E-state index contributed by atoms with van der Waals surface area (Å²) < 4.78 is 0. The number of hydrogen-bond acceptors (Lipinski definition) is 3. The molecule has 0 amide bonds. The topological polar surface area (TPSA) is 56.3 Å². The fraction of sp³-hybridized carbons (Fsp3) is 0.591. The lowest BCUT2D eigenvalue weighted by molar-refractivity contribution is -0.0613. The van der Waals surface area contributed by atoms with E-state index in [2.05, 4.69) is 41.9 Å². The fourth-order valence-corrected chi connectivity index (χ4v) is 5.38. The normalized spacial score (nSPS) is 29.2. The number of fused-ring (bicyclic) bond motifs is 2.